The molecule has 0 radical (unpaired) electrons. The topological polar surface area (TPSA) is 65.5 Å². The van der Waals surface area contributed by atoms with Crippen molar-refractivity contribution in [1.82, 2.24) is 15.2 Å². The summed E-state index contributed by atoms with van der Waals surface area (Å²) in [4.78, 5) is 20.1. The van der Waals surface area contributed by atoms with Gasteiger partial charge in [0.15, 0.2) is 0 Å². The summed E-state index contributed by atoms with van der Waals surface area (Å²) in [6, 6.07) is 0.319. The van der Waals surface area contributed by atoms with E-state index in [1.165, 1.54) is 4.88 Å². The highest BCUT2D eigenvalue weighted by molar-refractivity contribution is 7.11. The fourth-order valence-corrected chi connectivity index (χ4v) is 4.06. The number of aliphatic hydroxyl groups is 1. The number of hydrogen-bond acceptors (Lipinski definition) is 5. The van der Waals surface area contributed by atoms with Crippen molar-refractivity contribution in [2.45, 2.75) is 58.2 Å². The Morgan fingerprint density at radius 2 is 2.05 bits per heavy atom. The van der Waals surface area contributed by atoms with E-state index in [-0.39, 0.29) is 11.8 Å². The van der Waals surface area contributed by atoms with Crippen LogP contribution in [0, 0.1) is 19.8 Å². The first-order valence-electron chi connectivity index (χ1n) is 8.16. The number of nitrogens with zero attached hydrogens (tertiary/aromatic N) is 2. The van der Waals surface area contributed by atoms with Crippen LogP contribution in [0.1, 0.15) is 41.3 Å². The van der Waals surface area contributed by atoms with Gasteiger partial charge in [0.1, 0.15) is 6.10 Å². The maximum Gasteiger partial charge on any atom is 0.249 e. The zero-order valence-electron chi connectivity index (χ0n) is 13.3. The number of nitrogens with one attached hydrogen (secondary N) is 1. The molecule has 0 bridgehead atoms. The largest absolute Gasteiger partial charge is 0.383 e. The summed E-state index contributed by atoms with van der Waals surface area (Å²) in [7, 11) is 0. The molecule has 1 aliphatic carbocycles. The summed E-state index contributed by atoms with van der Waals surface area (Å²) in [6.45, 7) is 6.93. The molecule has 0 spiro atoms. The zero-order valence-corrected chi connectivity index (χ0v) is 14.2. The summed E-state index contributed by atoms with van der Waals surface area (Å²) in [6.07, 6.45) is 3.05. The van der Waals surface area contributed by atoms with E-state index >= 15 is 0 Å². The van der Waals surface area contributed by atoms with Gasteiger partial charge in [-0.25, -0.2) is 4.98 Å². The van der Waals surface area contributed by atoms with E-state index in [1.54, 1.807) is 11.3 Å². The van der Waals surface area contributed by atoms with E-state index in [2.05, 4.69) is 22.1 Å². The minimum atomic E-state index is -0.838. The molecule has 6 heteroatoms. The second-order valence-electron chi connectivity index (χ2n) is 6.58. The van der Waals surface area contributed by atoms with Crippen molar-refractivity contribution in [3.8, 4) is 0 Å². The number of thiazole rings is 1. The van der Waals surface area contributed by atoms with Gasteiger partial charge < -0.3 is 10.4 Å². The molecule has 0 aromatic carbocycles. The molecule has 3 rings (SSSR count). The van der Waals surface area contributed by atoms with Crippen molar-refractivity contribution in [3.05, 3.63) is 15.6 Å². The molecule has 2 aliphatic rings. The average molecular weight is 323 g/mol. The van der Waals surface area contributed by atoms with Crippen molar-refractivity contribution >= 4 is 17.2 Å². The second kappa shape index (κ2) is 6.64. The van der Waals surface area contributed by atoms with Crippen LogP contribution in [0.5, 0.6) is 0 Å². The second-order valence-corrected chi connectivity index (χ2v) is 7.87. The van der Waals surface area contributed by atoms with Crippen LogP contribution < -0.4 is 5.32 Å². The van der Waals surface area contributed by atoms with Gasteiger partial charge in [0.25, 0.3) is 0 Å². The lowest BCUT2D eigenvalue weighted by atomic mass is 9.90. The number of likely N-dealkylation sites (tertiary alicyclic amines) is 1. The van der Waals surface area contributed by atoms with Crippen molar-refractivity contribution < 1.29 is 9.90 Å². The van der Waals surface area contributed by atoms with Crippen molar-refractivity contribution in [3.63, 3.8) is 0 Å². The number of aliphatic hydroxyl groups excluding tert-OH is 1. The van der Waals surface area contributed by atoms with Crippen LogP contribution in [0.25, 0.3) is 0 Å². The number of carbonyl (C=O) groups excluding carboxylic acids is 1. The molecule has 22 heavy (non-hydrogen) atoms. The van der Waals surface area contributed by atoms with Gasteiger partial charge in [0, 0.05) is 17.5 Å². The monoisotopic (exact) mass is 323 g/mol. The van der Waals surface area contributed by atoms with E-state index in [4.69, 9.17) is 0 Å². The highest BCUT2D eigenvalue weighted by Gasteiger charge is 2.33. The first-order valence-corrected chi connectivity index (χ1v) is 8.98. The Labute approximate surface area is 135 Å². The van der Waals surface area contributed by atoms with Crippen LogP contribution in [-0.2, 0) is 11.3 Å². The molecule has 5 nitrogen and oxygen atoms in total. The van der Waals surface area contributed by atoms with Gasteiger partial charge in [-0.3, -0.25) is 9.69 Å². The smallest absolute Gasteiger partial charge is 0.249 e. The van der Waals surface area contributed by atoms with Crippen LogP contribution in [0.15, 0.2) is 0 Å². The van der Waals surface area contributed by atoms with Crippen LogP contribution >= 0.6 is 11.3 Å². The Balaban J connectivity index is 1.47. The van der Waals surface area contributed by atoms with Crippen LogP contribution in [0.4, 0.5) is 0 Å². The molecule has 2 heterocycles. The van der Waals surface area contributed by atoms with Crippen LogP contribution in [0.3, 0.4) is 0 Å². The van der Waals surface area contributed by atoms with Gasteiger partial charge in [-0.15, -0.1) is 11.3 Å². The van der Waals surface area contributed by atoms with E-state index < -0.39 is 6.10 Å². The molecular formula is C16H25N3O2S. The quantitative estimate of drug-likeness (QED) is 0.864. The fourth-order valence-electron chi connectivity index (χ4n) is 3.08. The number of amides is 1. The normalized spacial score (nSPS) is 21.8. The van der Waals surface area contributed by atoms with Gasteiger partial charge in [-0.1, -0.05) is 0 Å². The van der Waals surface area contributed by atoms with Gasteiger partial charge in [-0.2, -0.15) is 0 Å². The molecule has 1 saturated heterocycles. The highest BCUT2D eigenvalue weighted by Crippen LogP contribution is 2.26. The standard InChI is InChI=1S/C16H25N3O2S/c1-10-14(22-11(2)17-10)9-19-7-5-12(6-8-19)15(20)16(21)18-13-3-4-13/h12-13,15,20H,3-9H2,1-2H3,(H,18,21). The number of piperidine rings is 1. The van der Waals surface area contributed by atoms with Gasteiger partial charge in [-0.05, 0) is 58.5 Å². The minimum absolute atomic E-state index is 0.0966. The van der Waals surface area contributed by atoms with Gasteiger partial charge >= 0.3 is 0 Å². The average Bonchev–Trinajstić information content (AvgIpc) is 3.24. The summed E-state index contributed by atoms with van der Waals surface area (Å²) >= 11 is 1.77. The van der Waals surface area contributed by atoms with E-state index in [1.807, 2.05) is 6.92 Å². The predicted octanol–water partition coefficient (Wildman–Crippen LogP) is 1.61. The molecule has 2 fully saturated rings. The lowest BCUT2D eigenvalue weighted by Crippen LogP contribution is -2.44. The van der Waals surface area contributed by atoms with Crippen molar-refractivity contribution in [2.24, 2.45) is 5.92 Å². The first-order chi connectivity index (χ1) is 10.5. The third kappa shape index (κ3) is 3.86. The van der Waals surface area contributed by atoms with Crippen molar-refractivity contribution in [2.75, 3.05) is 13.1 Å². The predicted molar refractivity (Wildman–Crippen MR) is 86.8 cm³/mol. The maximum atomic E-state index is 11.9. The molecule has 1 aromatic heterocycles. The summed E-state index contributed by atoms with van der Waals surface area (Å²) in [5.74, 6) is -0.0748. The minimum Gasteiger partial charge on any atom is -0.383 e. The number of hydrogen-bond donors (Lipinski definition) is 2. The van der Waals surface area contributed by atoms with Crippen molar-refractivity contribution in [1.29, 1.82) is 0 Å². The Bertz CT molecular complexity index is 533. The highest BCUT2D eigenvalue weighted by atomic mass is 32.1. The number of aromatic nitrogens is 1. The number of carbonyl (C=O) groups is 1. The fraction of sp³-hybridized carbons (Fsp3) is 0.750. The maximum absolute atomic E-state index is 11.9. The molecule has 1 atom stereocenters. The third-order valence-corrected chi connectivity index (χ3v) is 5.70. The Hall–Kier alpha value is -0.980. The lowest BCUT2D eigenvalue weighted by molar-refractivity contribution is -0.133. The number of rotatable bonds is 5. The lowest BCUT2D eigenvalue weighted by Gasteiger charge is -2.33. The Morgan fingerprint density at radius 1 is 1.36 bits per heavy atom. The van der Waals surface area contributed by atoms with E-state index in [0.29, 0.717) is 6.04 Å². The molecule has 1 aromatic rings. The van der Waals surface area contributed by atoms with Crippen LogP contribution in [-0.4, -0.2) is 46.1 Å². The summed E-state index contributed by atoms with van der Waals surface area (Å²) < 4.78 is 0. The Kier molecular flexibility index (Phi) is 4.80. The molecule has 1 saturated carbocycles. The van der Waals surface area contributed by atoms with Crippen LogP contribution in [0.2, 0.25) is 0 Å². The molecule has 1 unspecified atom stereocenters. The molecular weight excluding hydrogens is 298 g/mol. The zero-order chi connectivity index (χ0) is 15.7. The molecule has 122 valence electrons. The first kappa shape index (κ1) is 15.9. The van der Waals surface area contributed by atoms with E-state index in [9.17, 15) is 9.90 Å². The summed E-state index contributed by atoms with van der Waals surface area (Å²) in [5, 5.41) is 14.2. The van der Waals surface area contributed by atoms with Gasteiger partial charge in [0.2, 0.25) is 5.91 Å². The third-order valence-electron chi connectivity index (χ3n) is 4.64. The molecule has 2 N–H and O–H groups in total. The van der Waals surface area contributed by atoms with E-state index in [0.717, 1.165) is 56.0 Å². The molecule has 1 aliphatic heterocycles. The molecule has 1 amide bonds. The SMILES string of the molecule is Cc1nc(C)c(CN2CCC(C(O)C(=O)NC3CC3)CC2)s1. The number of aryl methyl sites for hydroxylation is 2. The van der Waals surface area contributed by atoms with Gasteiger partial charge in [0.05, 0.1) is 10.7 Å². The Morgan fingerprint density at radius 3 is 2.59 bits per heavy atom. The summed E-state index contributed by atoms with van der Waals surface area (Å²) in [5.41, 5.74) is 1.13.